The van der Waals surface area contributed by atoms with Crippen molar-refractivity contribution in [2.75, 3.05) is 26.2 Å². The molecule has 2 fully saturated rings. The molecule has 3 heteroatoms. The molecule has 19 heavy (non-hydrogen) atoms. The van der Waals surface area contributed by atoms with Crippen molar-refractivity contribution in [3.05, 3.63) is 0 Å². The number of aliphatic hydroxyl groups excluding tert-OH is 1. The average Bonchev–Trinajstić information content (AvgIpc) is 2.74. The van der Waals surface area contributed by atoms with E-state index in [1.807, 2.05) is 0 Å². The molecular weight excluding hydrogens is 236 g/mol. The van der Waals surface area contributed by atoms with Crippen molar-refractivity contribution in [2.24, 2.45) is 5.41 Å². The van der Waals surface area contributed by atoms with E-state index in [0.29, 0.717) is 18.7 Å². The molecule has 2 rings (SSSR count). The maximum Gasteiger partial charge on any atom is 0.0499 e. The maximum absolute atomic E-state index is 9.67. The highest BCUT2D eigenvalue weighted by atomic mass is 16.3. The summed E-state index contributed by atoms with van der Waals surface area (Å²) in [5.41, 5.74) is 0.198. The Labute approximate surface area is 118 Å². The summed E-state index contributed by atoms with van der Waals surface area (Å²) in [5, 5.41) is 13.4. The first kappa shape index (κ1) is 15.3. The van der Waals surface area contributed by atoms with Crippen molar-refractivity contribution in [1.29, 1.82) is 0 Å². The Morgan fingerprint density at radius 1 is 1.16 bits per heavy atom. The molecule has 1 atom stereocenters. The lowest BCUT2D eigenvalue weighted by Crippen LogP contribution is -2.41. The second-order valence-corrected chi connectivity index (χ2v) is 7.00. The Morgan fingerprint density at radius 3 is 2.53 bits per heavy atom. The van der Waals surface area contributed by atoms with Gasteiger partial charge >= 0.3 is 0 Å². The quantitative estimate of drug-likeness (QED) is 0.803. The predicted molar refractivity (Wildman–Crippen MR) is 80.3 cm³/mol. The molecule has 0 aromatic heterocycles. The first-order valence-corrected chi connectivity index (χ1v) is 8.23. The standard InChI is InChI=1S/C16H32N2O/c1-14(2)18-10-5-6-15(7-11-18)17-12-16(13-19)8-3-4-9-16/h14-15,17,19H,3-13H2,1-2H3. The minimum Gasteiger partial charge on any atom is -0.396 e. The van der Waals surface area contributed by atoms with Crippen molar-refractivity contribution in [3.8, 4) is 0 Å². The summed E-state index contributed by atoms with van der Waals surface area (Å²) in [6.45, 7) is 8.46. The Morgan fingerprint density at radius 2 is 1.89 bits per heavy atom. The van der Waals surface area contributed by atoms with E-state index in [2.05, 4.69) is 24.1 Å². The summed E-state index contributed by atoms with van der Waals surface area (Å²) in [6.07, 6.45) is 8.89. The Kier molecular flexibility index (Phi) is 5.67. The summed E-state index contributed by atoms with van der Waals surface area (Å²) in [7, 11) is 0. The zero-order chi connectivity index (χ0) is 13.7. The van der Waals surface area contributed by atoms with E-state index in [1.165, 1.54) is 58.0 Å². The number of likely N-dealkylation sites (tertiary alicyclic amines) is 1. The third kappa shape index (κ3) is 4.17. The van der Waals surface area contributed by atoms with Gasteiger partial charge in [-0.05, 0) is 59.0 Å². The van der Waals surface area contributed by atoms with Crippen LogP contribution in [0.4, 0.5) is 0 Å². The lowest BCUT2D eigenvalue weighted by Gasteiger charge is -2.29. The number of nitrogens with one attached hydrogen (secondary N) is 1. The fraction of sp³-hybridized carbons (Fsp3) is 1.00. The van der Waals surface area contributed by atoms with E-state index in [4.69, 9.17) is 0 Å². The minimum absolute atomic E-state index is 0.198. The molecule has 1 unspecified atom stereocenters. The lowest BCUT2D eigenvalue weighted by molar-refractivity contribution is 0.123. The number of hydrogen-bond donors (Lipinski definition) is 2. The van der Waals surface area contributed by atoms with E-state index >= 15 is 0 Å². The van der Waals surface area contributed by atoms with Crippen LogP contribution >= 0.6 is 0 Å². The van der Waals surface area contributed by atoms with Crippen LogP contribution < -0.4 is 5.32 Å². The van der Waals surface area contributed by atoms with Gasteiger partial charge in [-0.1, -0.05) is 12.8 Å². The van der Waals surface area contributed by atoms with Crippen molar-refractivity contribution in [1.82, 2.24) is 10.2 Å². The molecule has 1 saturated heterocycles. The lowest BCUT2D eigenvalue weighted by atomic mass is 9.87. The highest BCUT2D eigenvalue weighted by Gasteiger charge is 2.33. The summed E-state index contributed by atoms with van der Waals surface area (Å²) in [5.74, 6) is 0. The van der Waals surface area contributed by atoms with Gasteiger partial charge < -0.3 is 15.3 Å². The van der Waals surface area contributed by atoms with Crippen LogP contribution in [0.1, 0.15) is 58.8 Å². The summed E-state index contributed by atoms with van der Waals surface area (Å²) >= 11 is 0. The van der Waals surface area contributed by atoms with Crippen LogP contribution in [-0.4, -0.2) is 48.3 Å². The number of hydrogen-bond acceptors (Lipinski definition) is 3. The number of nitrogens with zero attached hydrogens (tertiary/aromatic N) is 1. The Balaban J connectivity index is 1.77. The second kappa shape index (κ2) is 7.05. The Bertz CT molecular complexity index is 261. The molecule has 2 N–H and O–H groups in total. The molecule has 1 saturated carbocycles. The van der Waals surface area contributed by atoms with Gasteiger partial charge in [0.05, 0.1) is 0 Å². The normalized spacial score (nSPS) is 28.7. The van der Waals surface area contributed by atoms with Gasteiger partial charge in [0.25, 0.3) is 0 Å². The smallest absolute Gasteiger partial charge is 0.0499 e. The van der Waals surface area contributed by atoms with E-state index < -0.39 is 0 Å². The SMILES string of the molecule is CC(C)N1CCCC(NCC2(CO)CCCC2)CC1. The van der Waals surface area contributed by atoms with Crippen LogP contribution in [-0.2, 0) is 0 Å². The predicted octanol–water partition coefficient (Wildman–Crippen LogP) is 2.39. The first-order chi connectivity index (χ1) is 9.15. The van der Waals surface area contributed by atoms with Crippen molar-refractivity contribution < 1.29 is 5.11 Å². The van der Waals surface area contributed by atoms with Crippen molar-refractivity contribution >= 4 is 0 Å². The minimum atomic E-state index is 0.198. The second-order valence-electron chi connectivity index (χ2n) is 7.00. The highest BCUT2D eigenvalue weighted by molar-refractivity contribution is 4.88. The fourth-order valence-electron chi connectivity index (χ4n) is 3.72. The third-order valence-corrected chi connectivity index (χ3v) is 5.26. The van der Waals surface area contributed by atoms with Gasteiger partial charge in [-0.15, -0.1) is 0 Å². The Hall–Kier alpha value is -0.120. The molecule has 0 aromatic carbocycles. The van der Waals surface area contributed by atoms with Gasteiger partial charge in [-0.25, -0.2) is 0 Å². The zero-order valence-electron chi connectivity index (χ0n) is 12.8. The monoisotopic (exact) mass is 268 g/mol. The number of rotatable bonds is 5. The van der Waals surface area contributed by atoms with E-state index in [0.717, 1.165) is 6.54 Å². The van der Waals surface area contributed by atoms with Crippen LogP contribution in [0.5, 0.6) is 0 Å². The first-order valence-electron chi connectivity index (χ1n) is 8.23. The maximum atomic E-state index is 9.67. The van der Waals surface area contributed by atoms with Gasteiger partial charge in [0.1, 0.15) is 0 Å². The van der Waals surface area contributed by atoms with Crippen molar-refractivity contribution in [2.45, 2.75) is 70.9 Å². The van der Waals surface area contributed by atoms with Gasteiger partial charge in [-0.3, -0.25) is 0 Å². The van der Waals surface area contributed by atoms with Crippen LogP contribution in [0.15, 0.2) is 0 Å². The molecule has 0 amide bonds. The molecule has 0 spiro atoms. The van der Waals surface area contributed by atoms with Crippen LogP contribution in [0, 0.1) is 5.41 Å². The molecule has 1 heterocycles. The van der Waals surface area contributed by atoms with Gasteiger partial charge in [0.2, 0.25) is 0 Å². The van der Waals surface area contributed by atoms with E-state index in [9.17, 15) is 5.11 Å². The molecular formula is C16H32N2O. The number of aliphatic hydroxyl groups is 1. The highest BCUT2D eigenvalue weighted by Crippen LogP contribution is 2.37. The average molecular weight is 268 g/mol. The van der Waals surface area contributed by atoms with E-state index in [-0.39, 0.29) is 5.41 Å². The van der Waals surface area contributed by atoms with Gasteiger partial charge in [0.15, 0.2) is 0 Å². The van der Waals surface area contributed by atoms with Gasteiger partial charge in [0, 0.05) is 30.7 Å². The molecule has 0 aromatic rings. The fourth-order valence-corrected chi connectivity index (χ4v) is 3.72. The molecule has 112 valence electrons. The summed E-state index contributed by atoms with van der Waals surface area (Å²) in [6, 6.07) is 1.34. The zero-order valence-corrected chi connectivity index (χ0v) is 12.8. The van der Waals surface area contributed by atoms with Gasteiger partial charge in [-0.2, -0.15) is 0 Å². The molecule has 3 nitrogen and oxygen atoms in total. The summed E-state index contributed by atoms with van der Waals surface area (Å²) in [4.78, 5) is 2.60. The van der Waals surface area contributed by atoms with Crippen LogP contribution in [0.2, 0.25) is 0 Å². The topological polar surface area (TPSA) is 35.5 Å². The molecule has 1 aliphatic carbocycles. The van der Waals surface area contributed by atoms with Crippen molar-refractivity contribution in [3.63, 3.8) is 0 Å². The third-order valence-electron chi connectivity index (χ3n) is 5.26. The van der Waals surface area contributed by atoms with Crippen LogP contribution in [0.25, 0.3) is 0 Å². The van der Waals surface area contributed by atoms with E-state index in [1.54, 1.807) is 0 Å². The molecule has 0 bridgehead atoms. The molecule has 2 aliphatic rings. The largest absolute Gasteiger partial charge is 0.396 e. The van der Waals surface area contributed by atoms with Crippen LogP contribution in [0.3, 0.4) is 0 Å². The molecule has 1 aliphatic heterocycles. The molecule has 0 radical (unpaired) electrons. The summed E-state index contributed by atoms with van der Waals surface area (Å²) < 4.78 is 0.